The average Bonchev–Trinajstić information content (AvgIpc) is 3.32. The van der Waals surface area contributed by atoms with Gasteiger partial charge in [0.25, 0.3) is 0 Å². The third kappa shape index (κ3) is 4.13. The third-order valence-electron chi connectivity index (χ3n) is 6.34. The van der Waals surface area contributed by atoms with Gasteiger partial charge in [-0.2, -0.15) is 0 Å². The number of halogens is 1. The molecule has 1 heterocycles. The highest BCUT2D eigenvalue weighted by molar-refractivity contribution is 5.84. The van der Waals surface area contributed by atoms with E-state index >= 15 is 0 Å². The number of anilines is 1. The number of aliphatic hydroxyl groups is 1. The van der Waals surface area contributed by atoms with Crippen molar-refractivity contribution < 1.29 is 14.3 Å². The third-order valence-corrected chi connectivity index (χ3v) is 6.34. The maximum Gasteiger partial charge on any atom is 0.229 e. The zero-order chi connectivity index (χ0) is 22.3. The van der Waals surface area contributed by atoms with Gasteiger partial charge in [-0.05, 0) is 67.2 Å². The molecule has 0 fully saturated rings. The Kier molecular flexibility index (Phi) is 5.93. The van der Waals surface area contributed by atoms with E-state index in [0.717, 1.165) is 29.8 Å². The molecule has 31 heavy (non-hydrogen) atoms. The summed E-state index contributed by atoms with van der Waals surface area (Å²) in [6, 6.07) is 6.44. The van der Waals surface area contributed by atoms with Crippen LogP contribution >= 0.6 is 0 Å². The molecule has 2 aliphatic carbocycles. The molecule has 1 aromatic carbocycles. The largest absolute Gasteiger partial charge is 0.392 e. The second kappa shape index (κ2) is 8.50. The fourth-order valence-corrected chi connectivity index (χ4v) is 5.09. The highest BCUT2D eigenvalue weighted by atomic mass is 19.1. The van der Waals surface area contributed by atoms with Crippen molar-refractivity contribution in [1.29, 1.82) is 0 Å². The number of fused-ring (bicyclic) bond motifs is 1. The minimum atomic E-state index is -0.543. The van der Waals surface area contributed by atoms with Crippen LogP contribution in [0.2, 0.25) is 0 Å². The molecule has 0 saturated carbocycles. The Balaban J connectivity index is 1.62. The lowest BCUT2D eigenvalue weighted by Gasteiger charge is -2.33. The van der Waals surface area contributed by atoms with Gasteiger partial charge in [-0.3, -0.25) is 9.80 Å². The van der Waals surface area contributed by atoms with E-state index in [9.17, 15) is 14.3 Å². The van der Waals surface area contributed by atoms with Gasteiger partial charge in [0.1, 0.15) is 5.82 Å². The Bertz CT molecular complexity index is 936. The summed E-state index contributed by atoms with van der Waals surface area (Å²) >= 11 is 0. The van der Waals surface area contributed by atoms with E-state index in [1.165, 1.54) is 23.3 Å². The fraction of sp³-hybridized carbons (Fsp3) is 0.480. The van der Waals surface area contributed by atoms with Gasteiger partial charge in [-0.1, -0.05) is 20.8 Å². The van der Waals surface area contributed by atoms with E-state index in [-0.39, 0.29) is 23.6 Å². The fourth-order valence-electron chi connectivity index (χ4n) is 5.09. The van der Waals surface area contributed by atoms with E-state index in [4.69, 9.17) is 0 Å². The number of allylic oxidation sites excluding steroid dienone is 3. The van der Waals surface area contributed by atoms with E-state index in [1.807, 2.05) is 16.1 Å². The standard InChI is InChI=1S/C25H32FN3O2/c1-15(2)13-28(14-16(3)30)25(31)21-10-5-18-11-23-22(17(4)24(18)21)12-27-29(23)20-8-6-19(26)7-9-20/h6-9,11-12,15-17,21,27,30H,5,10,13-14H2,1-4H3/t16-,17-,21-/m0/s1. The first-order chi connectivity index (χ1) is 14.8. The van der Waals surface area contributed by atoms with Crippen LogP contribution in [0.1, 0.15) is 40.5 Å². The van der Waals surface area contributed by atoms with Crippen molar-refractivity contribution in [3.8, 4) is 0 Å². The van der Waals surface area contributed by atoms with Crippen molar-refractivity contribution in [2.75, 3.05) is 18.1 Å². The van der Waals surface area contributed by atoms with E-state index in [2.05, 4.69) is 32.3 Å². The van der Waals surface area contributed by atoms with Crippen molar-refractivity contribution in [3.63, 3.8) is 0 Å². The Morgan fingerprint density at radius 2 is 1.97 bits per heavy atom. The normalized spacial score (nSPS) is 23.3. The van der Waals surface area contributed by atoms with Gasteiger partial charge in [0.05, 0.1) is 23.4 Å². The van der Waals surface area contributed by atoms with Gasteiger partial charge in [0.15, 0.2) is 0 Å². The molecule has 0 spiro atoms. The summed E-state index contributed by atoms with van der Waals surface area (Å²) in [5, 5.41) is 11.9. The van der Waals surface area contributed by atoms with E-state index in [1.54, 1.807) is 19.1 Å². The predicted octanol–water partition coefficient (Wildman–Crippen LogP) is 4.14. The van der Waals surface area contributed by atoms with Crippen molar-refractivity contribution in [1.82, 2.24) is 10.3 Å². The number of rotatable bonds is 6. The second-order valence-corrected chi connectivity index (χ2v) is 9.35. The zero-order valence-electron chi connectivity index (χ0n) is 18.7. The first-order valence-electron chi connectivity index (χ1n) is 11.2. The van der Waals surface area contributed by atoms with Gasteiger partial charge < -0.3 is 15.4 Å². The van der Waals surface area contributed by atoms with Crippen LogP contribution in [-0.4, -0.2) is 35.1 Å². The quantitative estimate of drug-likeness (QED) is 0.719. The van der Waals surface area contributed by atoms with Crippen molar-refractivity contribution >= 4 is 11.6 Å². The first-order valence-corrected chi connectivity index (χ1v) is 11.2. The summed E-state index contributed by atoms with van der Waals surface area (Å²) in [6.07, 6.45) is 5.31. The van der Waals surface area contributed by atoms with Crippen molar-refractivity contribution in [2.45, 2.75) is 46.6 Å². The van der Waals surface area contributed by atoms with E-state index in [0.29, 0.717) is 19.0 Å². The second-order valence-electron chi connectivity index (χ2n) is 9.35. The topological polar surface area (TPSA) is 55.8 Å². The van der Waals surface area contributed by atoms with Crippen LogP contribution in [0.4, 0.5) is 10.1 Å². The molecule has 1 aromatic rings. The number of nitrogens with one attached hydrogen (secondary N) is 1. The molecule has 1 aliphatic heterocycles. The van der Waals surface area contributed by atoms with Crippen LogP contribution in [0.15, 0.2) is 59.0 Å². The molecular formula is C25H32FN3O2. The number of hydrogen-bond donors (Lipinski definition) is 2. The Hall–Kier alpha value is -2.60. The smallest absolute Gasteiger partial charge is 0.229 e. The Labute approximate surface area is 183 Å². The minimum Gasteiger partial charge on any atom is -0.392 e. The van der Waals surface area contributed by atoms with E-state index < -0.39 is 6.10 Å². The number of nitrogens with zero attached hydrogens (tertiary/aromatic N) is 2. The summed E-state index contributed by atoms with van der Waals surface area (Å²) in [5.74, 6) is 0.203. The number of amides is 1. The van der Waals surface area contributed by atoms with Crippen molar-refractivity contribution in [3.05, 3.63) is 64.8 Å². The van der Waals surface area contributed by atoms with Gasteiger partial charge in [-0.25, -0.2) is 4.39 Å². The highest BCUT2D eigenvalue weighted by Gasteiger charge is 2.41. The monoisotopic (exact) mass is 425 g/mol. The highest BCUT2D eigenvalue weighted by Crippen LogP contribution is 2.48. The molecule has 5 nitrogen and oxygen atoms in total. The predicted molar refractivity (Wildman–Crippen MR) is 120 cm³/mol. The minimum absolute atomic E-state index is 0.122. The number of carbonyl (C=O) groups is 1. The molecule has 0 unspecified atom stereocenters. The lowest BCUT2D eigenvalue weighted by atomic mass is 9.80. The Morgan fingerprint density at radius 1 is 1.26 bits per heavy atom. The summed E-state index contributed by atoms with van der Waals surface area (Å²) in [5.41, 5.74) is 8.83. The molecule has 166 valence electrons. The van der Waals surface area contributed by atoms with Crippen LogP contribution < -0.4 is 10.4 Å². The van der Waals surface area contributed by atoms with Crippen LogP contribution in [0.25, 0.3) is 0 Å². The maximum absolute atomic E-state index is 13.5. The average molecular weight is 426 g/mol. The molecule has 1 amide bonds. The lowest BCUT2D eigenvalue weighted by Crippen LogP contribution is -2.43. The van der Waals surface area contributed by atoms with Crippen molar-refractivity contribution in [2.24, 2.45) is 17.8 Å². The summed E-state index contributed by atoms with van der Waals surface area (Å²) < 4.78 is 13.4. The number of hydrazine groups is 1. The molecule has 4 rings (SSSR count). The molecular weight excluding hydrogens is 393 g/mol. The maximum atomic E-state index is 13.5. The number of carbonyl (C=O) groups excluding carboxylic acids is 1. The molecule has 6 heteroatoms. The lowest BCUT2D eigenvalue weighted by molar-refractivity contribution is -0.136. The Morgan fingerprint density at radius 3 is 2.61 bits per heavy atom. The molecule has 0 bridgehead atoms. The van der Waals surface area contributed by atoms with Crippen LogP contribution in [0.5, 0.6) is 0 Å². The molecule has 0 radical (unpaired) electrons. The van der Waals surface area contributed by atoms with Gasteiger partial charge in [0.2, 0.25) is 5.91 Å². The summed E-state index contributed by atoms with van der Waals surface area (Å²) in [4.78, 5) is 15.3. The van der Waals surface area contributed by atoms with Gasteiger partial charge >= 0.3 is 0 Å². The molecule has 3 aliphatic rings. The number of hydrogen-bond acceptors (Lipinski definition) is 4. The summed E-state index contributed by atoms with van der Waals surface area (Å²) in [6.45, 7) is 9.11. The van der Waals surface area contributed by atoms with Crippen LogP contribution in [0, 0.1) is 23.6 Å². The van der Waals surface area contributed by atoms with Crippen LogP contribution in [-0.2, 0) is 4.79 Å². The van der Waals surface area contributed by atoms with Crippen LogP contribution in [0.3, 0.4) is 0 Å². The molecule has 0 aromatic heterocycles. The SMILES string of the molecule is CC(C)CN(C[C@H](C)O)C(=O)[C@H]1CCC2=C1[C@@H](C)C1=CNN(c3ccc(F)cc3)C1=C2. The van der Waals surface area contributed by atoms with Gasteiger partial charge in [-0.15, -0.1) is 0 Å². The molecule has 2 N–H and O–H groups in total. The number of benzene rings is 1. The zero-order valence-corrected chi connectivity index (χ0v) is 18.7. The van der Waals surface area contributed by atoms with Gasteiger partial charge in [0, 0.05) is 30.8 Å². The molecule has 0 saturated heterocycles. The molecule has 3 atom stereocenters. The number of aliphatic hydroxyl groups excluding tert-OH is 1. The summed E-state index contributed by atoms with van der Waals surface area (Å²) in [7, 11) is 0. The first kappa shape index (κ1) is 21.6.